The Hall–Kier alpha value is -3.07. The van der Waals surface area contributed by atoms with Crippen LogP contribution >= 0.6 is 0 Å². The molecule has 0 spiro atoms. The summed E-state index contributed by atoms with van der Waals surface area (Å²) >= 11 is 0. The SMILES string of the molecule is CCOC(=O)C1CN(C2CCc3cc(/C(C)=N/OCc4ccc(OC5CCCC5)c(C(F)(F)F)c4)ccc32)C1. The molecule has 1 atom stereocenters. The summed E-state index contributed by atoms with van der Waals surface area (Å²) < 4.78 is 51.9. The maximum Gasteiger partial charge on any atom is 0.419 e. The molecule has 0 radical (unpaired) electrons. The number of carbonyl (C=O) groups excluding carboxylic acids is 1. The molecule has 39 heavy (non-hydrogen) atoms. The van der Waals surface area contributed by atoms with E-state index in [0.717, 1.165) is 63.2 Å². The average Bonchev–Trinajstić information content (AvgIpc) is 3.53. The fourth-order valence-corrected chi connectivity index (χ4v) is 5.81. The van der Waals surface area contributed by atoms with Gasteiger partial charge < -0.3 is 14.3 Å². The lowest BCUT2D eigenvalue weighted by molar-refractivity contribution is -0.155. The number of likely N-dealkylation sites (tertiary alicyclic amines) is 1. The van der Waals surface area contributed by atoms with Crippen LogP contribution in [0.4, 0.5) is 13.2 Å². The minimum absolute atomic E-state index is 0.0389. The number of aryl methyl sites for hydroxylation is 1. The largest absolute Gasteiger partial charge is 0.490 e. The van der Waals surface area contributed by atoms with Crippen molar-refractivity contribution < 1.29 is 32.3 Å². The summed E-state index contributed by atoms with van der Waals surface area (Å²) in [5, 5.41) is 4.18. The molecule has 2 aromatic carbocycles. The van der Waals surface area contributed by atoms with Crippen molar-refractivity contribution in [3.8, 4) is 5.75 Å². The summed E-state index contributed by atoms with van der Waals surface area (Å²) in [7, 11) is 0. The average molecular weight is 545 g/mol. The lowest BCUT2D eigenvalue weighted by Gasteiger charge is -2.42. The van der Waals surface area contributed by atoms with Gasteiger partial charge in [-0.1, -0.05) is 23.4 Å². The van der Waals surface area contributed by atoms with E-state index in [1.54, 1.807) is 6.07 Å². The van der Waals surface area contributed by atoms with Gasteiger partial charge in [-0.25, -0.2) is 0 Å². The van der Waals surface area contributed by atoms with Crippen LogP contribution in [0.15, 0.2) is 41.6 Å². The smallest absolute Gasteiger partial charge is 0.419 e. The van der Waals surface area contributed by atoms with Crippen LogP contribution in [0.1, 0.15) is 79.8 Å². The third-order valence-corrected chi connectivity index (χ3v) is 7.96. The predicted molar refractivity (Wildman–Crippen MR) is 141 cm³/mol. The van der Waals surface area contributed by atoms with Crippen molar-refractivity contribution in [2.45, 2.75) is 77.3 Å². The van der Waals surface area contributed by atoms with E-state index in [1.807, 2.05) is 19.9 Å². The number of nitrogens with zero attached hydrogens (tertiary/aromatic N) is 2. The van der Waals surface area contributed by atoms with Gasteiger partial charge in [0.25, 0.3) is 0 Å². The molecule has 1 saturated heterocycles. The van der Waals surface area contributed by atoms with Gasteiger partial charge in [0.2, 0.25) is 0 Å². The minimum atomic E-state index is -4.51. The molecule has 3 aliphatic rings. The zero-order chi connectivity index (χ0) is 27.6. The molecule has 2 fully saturated rings. The third kappa shape index (κ3) is 6.24. The van der Waals surface area contributed by atoms with Crippen molar-refractivity contribution in [3.05, 3.63) is 64.2 Å². The van der Waals surface area contributed by atoms with E-state index in [4.69, 9.17) is 14.3 Å². The van der Waals surface area contributed by atoms with E-state index in [9.17, 15) is 18.0 Å². The van der Waals surface area contributed by atoms with Crippen LogP contribution in [0, 0.1) is 5.92 Å². The highest BCUT2D eigenvalue weighted by atomic mass is 19.4. The van der Waals surface area contributed by atoms with Crippen molar-refractivity contribution in [2.75, 3.05) is 19.7 Å². The second-order valence-electron chi connectivity index (χ2n) is 10.7. The fraction of sp³-hybridized carbons (Fsp3) is 0.533. The van der Waals surface area contributed by atoms with Gasteiger partial charge in [-0.15, -0.1) is 0 Å². The Morgan fingerprint density at radius 1 is 1.08 bits per heavy atom. The highest BCUT2D eigenvalue weighted by Crippen LogP contribution is 2.40. The van der Waals surface area contributed by atoms with Gasteiger partial charge in [-0.3, -0.25) is 9.69 Å². The number of ether oxygens (including phenoxy) is 2. The number of hydrogen-bond donors (Lipinski definition) is 0. The van der Waals surface area contributed by atoms with Gasteiger partial charge in [-0.2, -0.15) is 13.2 Å². The molecule has 210 valence electrons. The van der Waals surface area contributed by atoms with E-state index in [1.165, 1.54) is 17.2 Å². The minimum Gasteiger partial charge on any atom is -0.490 e. The maximum atomic E-state index is 13.7. The second-order valence-corrected chi connectivity index (χ2v) is 10.7. The number of halogens is 3. The van der Waals surface area contributed by atoms with Crippen LogP contribution in [-0.4, -0.2) is 42.4 Å². The molecule has 0 aromatic heterocycles. The molecular formula is C30H35F3N2O4. The summed E-state index contributed by atoms with van der Waals surface area (Å²) in [6.07, 6.45) is 0.811. The lowest BCUT2D eigenvalue weighted by Crippen LogP contribution is -2.51. The summed E-state index contributed by atoms with van der Waals surface area (Å²) in [5.41, 5.74) is 3.70. The quantitative estimate of drug-likeness (QED) is 0.206. The predicted octanol–water partition coefficient (Wildman–Crippen LogP) is 6.45. The van der Waals surface area contributed by atoms with Crippen molar-refractivity contribution in [2.24, 2.45) is 11.1 Å². The van der Waals surface area contributed by atoms with Gasteiger partial charge in [0, 0.05) is 19.1 Å². The highest BCUT2D eigenvalue weighted by Gasteiger charge is 2.40. The molecule has 1 heterocycles. The number of fused-ring (bicyclic) bond motifs is 1. The molecule has 0 amide bonds. The van der Waals surface area contributed by atoms with E-state index in [2.05, 4.69) is 22.2 Å². The molecule has 9 heteroatoms. The maximum absolute atomic E-state index is 13.7. The Morgan fingerprint density at radius 2 is 1.85 bits per heavy atom. The Balaban J connectivity index is 1.19. The zero-order valence-corrected chi connectivity index (χ0v) is 22.4. The molecular weight excluding hydrogens is 509 g/mol. The zero-order valence-electron chi connectivity index (χ0n) is 22.4. The van der Waals surface area contributed by atoms with Crippen LogP contribution in [0.25, 0.3) is 0 Å². The first kappa shape index (κ1) is 27.5. The number of hydrogen-bond acceptors (Lipinski definition) is 6. The molecule has 0 N–H and O–H groups in total. The van der Waals surface area contributed by atoms with Crippen LogP contribution in [0.3, 0.4) is 0 Å². The van der Waals surface area contributed by atoms with Crippen molar-refractivity contribution >= 4 is 11.7 Å². The third-order valence-electron chi connectivity index (χ3n) is 7.96. The molecule has 1 saturated carbocycles. The molecule has 2 aromatic rings. The normalized spacial score (nSPS) is 20.5. The van der Waals surface area contributed by atoms with Crippen molar-refractivity contribution in [1.82, 2.24) is 4.90 Å². The number of oxime groups is 1. The Kier molecular flexibility index (Phi) is 8.16. The van der Waals surface area contributed by atoms with Gasteiger partial charge in [0.05, 0.1) is 29.9 Å². The second kappa shape index (κ2) is 11.6. The Bertz CT molecular complexity index is 1220. The Labute approximate surface area is 227 Å². The van der Waals surface area contributed by atoms with Gasteiger partial charge in [0.1, 0.15) is 12.4 Å². The Morgan fingerprint density at radius 3 is 2.56 bits per heavy atom. The van der Waals surface area contributed by atoms with Crippen LogP contribution in [0.2, 0.25) is 0 Å². The molecule has 1 aliphatic heterocycles. The highest BCUT2D eigenvalue weighted by molar-refractivity contribution is 5.98. The summed E-state index contributed by atoms with van der Waals surface area (Å²) in [5.74, 6) is -0.274. The van der Waals surface area contributed by atoms with E-state index < -0.39 is 11.7 Å². The van der Waals surface area contributed by atoms with Gasteiger partial charge in [-0.05, 0) is 92.8 Å². The van der Waals surface area contributed by atoms with Crippen molar-refractivity contribution in [3.63, 3.8) is 0 Å². The first-order valence-electron chi connectivity index (χ1n) is 13.8. The number of esters is 1. The number of carbonyl (C=O) groups is 1. The number of alkyl halides is 3. The van der Waals surface area contributed by atoms with Gasteiger partial charge >= 0.3 is 12.1 Å². The summed E-state index contributed by atoms with van der Waals surface area (Å²) in [6, 6.07) is 10.6. The van der Waals surface area contributed by atoms with Gasteiger partial charge in [0.15, 0.2) is 0 Å². The first-order chi connectivity index (χ1) is 18.7. The van der Waals surface area contributed by atoms with Crippen LogP contribution in [0.5, 0.6) is 5.75 Å². The molecule has 6 nitrogen and oxygen atoms in total. The monoisotopic (exact) mass is 544 g/mol. The molecule has 2 aliphatic carbocycles. The van der Waals surface area contributed by atoms with E-state index in [0.29, 0.717) is 23.9 Å². The number of rotatable bonds is 9. The fourth-order valence-electron chi connectivity index (χ4n) is 5.81. The summed E-state index contributed by atoms with van der Waals surface area (Å²) in [4.78, 5) is 19.7. The number of benzene rings is 2. The van der Waals surface area contributed by atoms with Crippen molar-refractivity contribution in [1.29, 1.82) is 0 Å². The van der Waals surface area contributed by atoms with E-state index >= 15 is 0 Å². The lowest BCUT2D eigenvalue weighted by atomic mass is 9.94. The first-order valence-corrected chi connectivity index (χ1v) is 13.8. The van der Waals surface area contributed by atoms with Crippen LogP contribution in [-0.2, 0) is 33.6 Å². The van der Waals surface area contributed by atoms with E-state index in [-0.39, 0.29) is 30.3 Å². The topological polar surface area (TPSA) is 60.4 Å². The van der Waals surface area contributed by atoms with Crippen LogP contribution < -0.4 is 4.74 Å². The molecule has 0 bridgehead atoms. The standard InChI is InChI=1S/C30H35F3N2O4/c1-3-37-29(36)23-16-35(17-23)27-12-10-22-15-21(9-11-25(22)27)19(2)34-38-18-20-8-13-28(26(14-20)30(31,32)33)39-24-6-4-5-7-24/h8-9,11,13-15,23-24,27H,3-7,10,12,16-18H2,1-2H3/b34-19+. The summed E-state index contributed by atoms with van der Waals surface area (Å²) in [6.45, 7) is 5.43. The molecule has 5 rings (SSSR count). The molecule has 1 unspecified atom stereocenters.